The molecule has 1 heterocycles. The first-order valence-corrected chi connectivity index (χ1v) is 4.96. The Bertz CT molecular complexity index is 350. The van der Waals surface area contributed by atoms with E-state index in [1.807, 2.05) is 12.1 Å². The molecular formula is C12H16O2. The summed E-state index contributed by atoms with van der Waals surface area (Å²) in [7, 11) is 0. The van der Waals surface area contributed by atoms with Crippen molar-refractivity contribution in [3.8, 4) is 5.75 Å². The molecule has 1 aromatic carbocycles. The number of rotatable bonds is 1. The fraction of sp³-hybridized carbons (Fsp3) is 0.500. The number of hydrogen-bond acceptors (Lipinski definition) is 2. The molecule has 0 fully saturated rings. The molecule has 76 valence electrons. The predicted octanol–water partition coefficient (Wildman–Crippen LogP) is 2.07. The summed E-state index contributed by atoms with van der Waals surface area (Å²) in [5, 5.41) is 9.86. The normalized spacial score (nSPS) is 20.4. The number of fused-ring (bicyclic) bond motifs is 1. The van der Waals surface area contributed by atoms with Crippen molar-refractivity contribution in [1.82, 2.24) is 0 Å². The van der Waals surface area contributed by atoms with E-state index in [1.165, 1.54) is 11.1 Å². The van der Waals surface area contributed by atoms with Gasteiger partial charge in [0.15, 0.2) is 0 Å². The van der Waals surface area contributed by atoms with Gasteiger partial charge in [-0.2, -0.15) is 0 Å². The van der Waals surface area contributed by atoms with E-state index in [-0.39, 0.29) is 6.10 Å². The van der Waals surface area contributed by atoms with Crippen molar-refractivity contribution < 1.29 is 9.84 Å². The third-order valence-corrected chi connectivity index (χ3v) is 2.81. The van der Waals surface area contributed by atoms with E-state index in [0.717, 1.165) is 12.2 Å². The fourth-order valence-corrected chi connectivity index (χ4v) is 1.82. The van der Waals surface area contributed by atoms with Gasteiger partial charge in [0, 0.05) is 12.0 Å². The molecule has 2 heteroatoms. The molecule has 0 saturated heterocycles. The molecule has 1 aliphatic heterocycles. The standard InChI is InChI=1S/C12H16O2/c1-8-5-4-6-10-9(8)7-11(14-10)12(2,3)13/h4-6,11,13H,7H2,1-3H3. The van der Waals surface area contributed by atoms with Gasteiger partial charge < -0.3 is 9.84 Å². The summed E-state index contributed by atoms with van der Waals surface area (Å²) >= 11 is 0. The highest BCUT2D eigenvalue weighted by molar-refractivity contribution is 5.43. The van der Waals surface area contributed by atoms with Crippen LogP contribution in [-0.4, -0.2) is 16.8 Å². The number of aryl methyl sites for hydroxylation is 1. The number of benzene rings is 1. The molecule has 0 aromatic heterocycles. The van der Waals surface area contributed by atoms with Crippen LogP contribution in [0, 0.1) is 6.92 Å². The summed E-state index contributed by atoms with van der Waals surface area (Å²) in [4.78, 5) is 0. The lowest BCUT2D eigenvalue weighted by Gasteiger charge is -2.24. The van der Waals surface area contributed by atoms with Gasteiger partial charge >= 0.3 is 0 Å². The molecule has 0 spiro atoms. The van der Waals surface area contributed by atoms with Crippen molar-refractivity contribution in [2.24, 2.45) is 0 Å². The molecule has 1 N–H and O–H groups in total. The van der Waals surface area contributed by atoms with E-state index in [2.05, 4.69) is 13.0 Å². The van der Waals surface area contributed by atoms with Crippen LogP contribution < -0.4 is 4.74 Å². The molecule has 1 aliphatic rings. The lowest BCUT2D eigenvalue weighted by molar-refractivity contribution is -0.0229. The molecule has 14 heavy (non-hydrogen) atoms. The Morgan fingerprint density at radius 2 is 2.14 bits per heavy atom. The molecule has 1 atom stereocenters. The fourth-order valence-electron chi connectivity index (χ4n) is 1.82. The van der Waals surface area contributed by atoms with Gasteiger partial charge in [0.25, 0.3) is 0 Å². The predicted molar refractivity (Wildman–Crippen MR) is 55.6 cm³/mol. The summed E-state index contributed by atoms with van der Waals surface area (Å²) in [6, 6.07) is 6.03. The molecule has 0 bridgehead atoms. The topological polar surface area (TPSA) is 29.5 Å². The average Bonchev–Trinajstić information content (AvgIpc) is 2.48. The van der Waals surface area contributed by atoms with E-state index < -0.39 is 5.60 Å². The first kappa shape index (κ1) is 9.53. The van der Waals surface area contributed by atoms with Gasteiger partial charge in [-0.25, -0.2) is 0 Å². The van der Waals surface area contributed by atoms with Crippen molar-refractivity contribution in [2.75, 3.05) is 0 Å². The van der Waals surface area contributed by atoms with Crippen LogP contribution >= 0.6 is 0 Å². The van der Waals surface area contributed by atoms with Gasteiger partial charge in [0.2, 0.25) is 0 Å². The lowest BCUT2D eigenvalue weighted by Crippen LogP contribution is -2.39. The summed E-state index contributed by atoms with van der Waals surface area (Å²) in [6.07, 6.45) is 0.699. The Morgan fingerprint density at radius 1 is 1.43 bits per heavy atom. The molecule has 1 aromatic rings. The van der Waals surface area contributed by atoms with Gasteiger partial charge in [-0.15, -0.1) is 0 Å². The molecule has 0 amide bonds. The summed E-state index contributed by atoms with van der Waals surface area (Å²) in [5.41, 5.74) is 1.71. The van der Waals surface area contributed by atoms with Crippen LogP contribution in [0.15, 0.2) is 18.2 Å². The van der Waals surface area contributed by atoms with Gasteiger partial charge in [-0.3, -0.25) is 0 Å². The first-order chi connectivity index (χ1) is 6.48. The zero-order chi connectivity index (χ0) is 10.3. The zero-order valence-corrected chi connectivity index (χ0v) is 8.87. The maximum atomic E-state index is 9.86. The lowest BCUT2D eigenvalue weighted by atomic mass is 9.95. The molecule has 0 aliphatic carbocycles. The average molecular weight is 192 g/mol. The molecule has 2 rings (SSSR count). The smallest absolute Gasteiger partial charge is 0.131 e. The first-order valence-electron chi connectivity index (χ1n) is 4.96. The number of ether oxygens (including phenoxy) is 1. The van der Waals surface area contributed by atoms with Crippen LogP contribution in [0.3, 0.4) is 0 Å². The van der Waals surface area contributed by atoms with Crippen molar-refractivity contribution in [2.45, 2.75) is 38.9 Å². The Balaban J connectivity index is 2.31. The minimum absolute atomic E-state index is 0.112. The summed E-state index contributed by atoms with van der Waals surface area (Å²) in [5.74, 6) is 0.928. The van der Waals surface area contributed by atoms with Crippen LogP contribution in [0.4, 0.5) is 0 Å². The zero-order valence-electron chi connectivity index (χ0n) is 8.87. The highest BCUT2D eigenvalue weighted by Crippen LogP contribution is 2.34. The second-order valence-corrected chi connectivity index (χ2v) is 4.52. The minimum Gasteiger partial charge on any atom is -0.487 e. The Hall–Kier alpha value is -1.02. The SMILES string of the molecule is Cc1cccc2c1CC(C(C)(C)O)O2. The molecule has 0 saturated carbocycles. The highest BCUT2D eigenvalue weighted by Gasteiger charge is 2.35. The third-order valence-electron chi connectivity index (χ3n) is 2.81. The molecule has 0 radical (unpaired) electrons. The van der Waals surface area contributed by atoms with E-state index >= 15 is 0 Å². The van der Waals surface area contributed by atoms with Crippen molar-refractivity contribution in [1.29, 1.82) is 0 Å². The van der Waals surface area contributed by atoms with E-state index in [0.29, 0.717) is 0 Å². The Labute approximate surface area is 84.5 Å². The van der Waals surface area contributed by atoms with Crippen LogP contribution in [0.1, 0.15) is 25.0 Å². The quantitative estimate of drug-likeness (QED) is 0.738. The molecular weight excluding hydrogens is 176 g/mol. The van der Waals surface area contributed by atoms with Crippen LogP contribution in [0.25, 0.3) is 0 Å². The maximum absolute atomic E-state index is 9.86. The number of aliphatic hydroxyl groups is 1. The highest BCUT2D eigenvalue weighted by atomic mass is 16.5. The minimum atomic E-state index is -0.772. The van der Waals surface area contributed by atoms with Crippen LogP contribution in [-0.2, 0) is 6.42 Å². The van der Waals surface area contributed by atoms with Crippen molar-refractivity contribution in [3.05, 3.63) is 29.3 Å². The summed E-state index contributed by atoms with van der Waals surface area (Å²) in [6.45, 7) is 5.66. The number of hydrogen-bond donors (Lipinski definition) is 1. The second-order valence-electron chi connectivity index (χ2n) is 4.52. The Kier molecular flexibility index (Phi) is 2.04. The van der Waals surface area contributed by atoms with E-state index in [4.69, 9.17) is 4.74 Å². The van der Waals surface area contributed by atoms with Gasteiger partial charge in [-0.05, 0) is 32.4 Å². The van der Waals surface area contributed by atoms with Crippen molar-refractivity contribution in [3.63, 3.8) is 0 Å². The largest absolute Gasteiger partial charge is 0.487 e. The summed E-state index contributed by atoms with van der Waals surface area (Å²) < 4.78 is 5.70. The second kappa shape index (κ2) is 2.99. The monoisotopic (exact) mass is 192 g/mol. The van der Waals surface area contributed by atoms with Gasteiger partial charge in [0.1, 0.15) is 11.9 Å². The van der Waals surface area contributed by atoms with E-state index in [9.17, 15) is 5.11 Å². The van der Waals surface area contributed by atoms with E-state index in [1.54, 1.807) is 13.8 Å². The maximum Gasteiger partial charge on any atom is 0.131 e. The Morgan fingerprint density at radius 3 is 2.71 bits per heavy atom. The van der Waals surface area contributed by atoms with Crippen molar-refractivity contribution >= 4 is 0 Å². The van der Waals surface area contributed by atoms with Gasteiger partial charge in [0.05, 0.1) is 5.60 Å². The van der Waals surface area contributed by atoms with Crippen LogP contribution in [0.2, 0.25) is 0 Å². The van der Waals surface area contributed by atoms with Crippen LogP contribution in [0.5, 0.6) is 5.75 Å². The van der Waals surface area contributed by atoms with Gasteiger partial charge in [-0.1, -0.05) is 12.1 Å². The molecule has 1 unspecified atom stereocenters. The third kappa shape index (κ3) is 1.50. The molecule has 2 nitrogen and oxygen atoms in total.